The minimum atomic E-state index is -0.266. The summed E-state index contributed by atoms with van der Waals surface area (Å²) in [7, 11) is 1.99. The van der Waals surface area contributed by atoms with E-state index >= 15 is 0 Å². The van der Waals surface area contributed by atoms with Crippen LogP contribution in [0, 0.1) is 6.92 Å². The zero-order valence-electron chi connectivity index (χ0n) is 14.7. The van der Waals surface area contributed by atoms with Crippen molar-refractivity contribution < 1.29 is 5.11 Å². The molecular weight excluding hydrogens is 304 g/mol. The second kappa shape index (κ2) is 7.17. The van der Waals surface area contributed by atoms with Crippen molar-refractivity contribution in [1.82, 2.24) is 19.7 Å². The van der Waals surface area contributed by atoms with Crippen LogP contribution in [0.4, 0.5) is 11.8 Å². The third-order valence-electron chi connectivity index (χ3n) is 4.60. The Morgan fingerprint density at radius 1 is 1.42 bits per heavy atom. The Hall–Kier alpha value is -2.15. The summed E-state index contributed by atoms with van der Waals surface area (Å²) >= 11 is 0. The van der Waals surface area contributed by atoms with Crippen LogP contribution in [0.25, 0.3) is 0 Å². The lowest BCUT2D eigenvalue weighted by atomic mass is 10.1. The summed E-state index contributed by atoms with van der Waals surface area (Å²) < 4.78 is 2.00. The molecule has 0 aromatic carbocycles. The summed E-state index contributed by atoms with van der Waals surface area (Å²) in [6.07, 6.45) is 5.30. The maximum absolute atomic E-state index is 9.87. The Morgan fingerprint density at radius 2 is 2.25 bits per heavy atom. The number of β-amino-alcohol motifs (C(OH)–C–C–N with tert-alkyl or cyclic N) is 1. The van der Waals surface area contributed by atoms with E-state index in [4.69, 9.17) is 0 Å². The van der Waals surface area contributed by atoms with Crippen molar-refractivity contribution in [1.29, 1.82) is 0 Å². The van der Waals surface area contributed by atoms with E-state index in [1.807, 2.05) is 28.9 Å². The molecule has 0 amide bonds. The highest BCUT2D eigenvalue weighted by Gasteiger charge is 2.20. The molecule has 0 bridgehead atoms. The quantitative estimate of drug-likeness (QED) is 0.898. The molecule has 1 aliphatic heterocycles. The summed E-state index contributed by atoms with van der Waals surface area (Å²) in [5.41, 5.74) is 2.36. The SMILES string of the molecule is CCn1ncc(CN(C)c2nccc(N3CCC[C@H](O)C3)n2)c1C. The molecule has 0 spiro atoms. The van der Waals surface area contributed by atoms with Crippen molar-refractivity contribution in [3.63, 3.8) is 0 Å². The van der Waals surface area contributed by atoms with Gasteiger partial charge in [-0.05, 0) is 32.8 Å². The maximum Gasteiger partial charge on any atom is 0.227 e. The van der Waals surface area contributed by atoms with Crippen molar-refractivity contribution in [2.45, 2.75) is 45.9 Å². The molecule has 3 rings (SSSR count). The minimum absolute atomic E-state index is 0.266. The number of aryl methyl sites for hydroxylation is 1. The number of anilines is 2. The highest BCUT2D eigenvalue weighted by Crippen LogP contribution is 2.20. The van der Waals surface area contributed by atoms with Crippen LogP contribution in [0.15, 0.2) is 18.5 Å². The summed E-state index contributed by atoms with van der Waals surface area (Å²) in [6, 6.07) is 1.91. The van der Waals surface area contributed by atoms with Gasteiger partial charge in [0.15, 0.2) is 0 Å². The summed E-state index contributed by atoms with van der Waals surface area (Å²) in [5, 5.41) is 14.3. The van der Waals surface area contributed by atoms with Crippen LogP contribution in [0.5, 0.6) is 0 Å². The lowest BCUT2D eigenvalue weighted by Gasteiger charge is -2.31. The fourth-order valence-electron chi connectivity index (χ4n) is 3.15. The van der Waals surface area contributed by atoms with E-state index in [2.05, 4.69) is 33.8 Å². The molecule has 0 aliphatic carbocycles. The van der Waals surface area contributed by atoms with Gasteiger partial charge in [0.2, 0.25) is 5.95 Å². The van der Waals surface area contributed by atoms with Gasteiger partial charge in [0.25, 0.3) is 0 Å². The van der Waals surface area contributed by atoms with Crippen molar-refractivity contribution in [2.24, 2.45) is 0 Å². The van der Waals surface area contributed by atoms with Gasteiger partial charge in [-0.3, -0.25) is 4.68 Å². The van der Waals surface area contributed by atoms with Gasteiger partial charge >= 0.3 is 0 Å². The van der Waals surface area contributed by atoms with Gasteiger partial charge in [0, 0.05) is 50.7 Å². The normalized spacial score (nSPS) is 18.0. The third-order valence-corrected chi connectivity index (χ3v) is 4.60. The molecule has 24 heavy (non-hydrogen) atoms. The number of aromatic nitrogens is 4. The van der Waals surface area contributed by atoms with Gasteiger partial charge < -0.3 is 14.9 Å². The average Bonchev–Trinajstić information content (AvgIpc) is 2.95. The van der Waals surface area contributed by atoms with E-state index in [-0.39, 0.29) is 6.10 Å². The lowest BCUT2D eigenvalue weighted by Crippen LogP contribution is -2.38. The van der Waals surface area contributed by atoms with Crippen molar-refractivity contribution in [3.8, 4) is 0 Å². The molecule has 1 fully saturated rings. The Bertz CT molecular complexity index is 685. The van der Waals surface area contributed by atoms with Gasteiger partial charge in [0.05, 0.1) is 12.3 Å². The zero-order valence-corrected chi connectivity index (χ0v) is 14.7. The van der Waals surface area contributed by atoms with Crippen molar-refractivity contribution >= 4 is 11.8 Å². The van der Waals surface area contributed by atoms with Crippen LogP contribution >= 0.6 is 0 Å². The molecule has 0 unspecified atom stereocenters. The Labute approximate surface area is 142 Å². The molecule has 130 valence electrons. The van der Waals surface area contributed by atoms with Crippen LogP contribution in [0.3, 0.4) is 0 Å². The van der Waals surface area contributed by atoms with E-state index in [9.17, 15) is 5.11 Å². The summed E-state index contributed by atoms with van der Waals surface area (Å²) in [4.78, 5) is 13.3. The number of piperidine rings is 1. The number of aliphatic hydroxyl groups excluding tert-OH is 1. The first-order valence-corrected chi connectivity index (χ1v) is 8.57. The molecule has 7 heteroatoms. The van der Waals surface area contributed by atoms with E-state index < -0.39 is 0 Å². The standard InChI is InChI=1S/C17H26N6O/c1-4-23-13(2)14(10-19-23)11-21(3)17-18-8-7-16(20-17)22-9-5-6-15(24)12-22/h7-8,10,15,24H,4-6,9,11-12H2,1-3H3/t15-/m0/s1. The van der Waals surface area contributed by atoms with Gasteiger partial charge in [-0.25, -0.2) is 4.98 Å². The van der Waals surface area contributed by atoms with Gasteiger partial charge in [0.1, 0.15) is 5.82 Å². The smallest absolute Gasteiger partial charge is 0.227 e. The average molecular weight is 330 g/mol. The largest absolute Gasteiger partial charge is 0.391 e. The second-order valence-corrected chi connectivity index (χ2v) is 6.38. The topological polar surface area (TPSA) is 70.3 Å². The monoisotopic (exact) mass is 330 g/mol. The Balaban J connectivity index is 1.74. The highest BCUT2D eigenvalue weighted by atomic mass is 16.3. The Morgan fingerprint density at radius 3 is 2.96 bits per heavy atom. The molecule has 0 radical (unpaired) electrons. The van der Waals surface area contributed by atoms with Crippen LogP contribution in [-0.2, 0) is 13.1 Å². The van der Waals surface area contributed by atoms with Crippen LogP contribution in [0.1, 0.15) is 31.0 Å². The van der Waals surface area contributed by atoms with E-state index in [1.165, 1.54) is 11.3 Å². The Kier molecular flexibility index (Phi) is 4.99. The number of nitrogens with zero attached hydrogens (tertiary/aromatic N) is 6. The van der Waals surface area contributed by atoms with Crippen molar-refractivity contribution in [3.05, 3.63) is 29.7 Å². The number of aliphatic hydroxyl groups is 1. The summed E-state index contributed by atoms with van der Waals surface area (Å²) in [6.45, 7) is 7.35. The molecule has 2 aromatic heterocycles. The first kappa shape index (κ1) is 16.7. The first-order chi connectivity index (χ1) is 11.6. The molecule has 2 aromatic rings. The molecule has 1 saturated heterocycles. The molecule has 0 saturated carbocycles. The zero-order chi connectivity index (χ0) is 17.1. The van der Waals surface area contributed by atoms with Crippen LogP contribution in [0.2, 0.25) is 0 Å². The number of rotatable bonds is 5. The van der Waals surface area contributed by atoms with Crippen molar-refractivity contribution in [2.75, 3.05) is 29.9 Å². The van der Waals surface area contributed by atoms with Gasteiger partial charge in [-0.15, -0.1) is 0 Å². The van der Waals surface area contributed by atoms with Gasteiger partial charge in [-0.2, -0.15) is 10.1 Å². The van der Waals surface area contributed by atoms with Crippen LogP contribution < -0.4 is 9.80 Å². The predicted octanol–water partition coefficient (Wildman–Crippen LogP) is 1.60. The first-order valence-electron chi connectivity index (χ1n) is 8.57. The molecular formula is C17H26N6O. The minimum Gasteiger partial charge on any atom is -0.391 e. The highest BCUT2D eigenvalue weighted by molar-refractivity contribution is 5.44. The fraction of sp³-hybridized carbons (Fsp3) is 0.588. The number of hydrogen-bond acceptors (Lipinski definition) is 6. The van der Waals surface area contributed by atoms with E-state index in [0.29, 0.717) is 12.5 Å². The fourth-order valence-corrected chi connectivity index (χ4v) is 3.15. The maximum atomic E-state index is 9.87. The molecule has 3 heterocycles. The van der Waals surface area contributed by atoms with Crippen LogP contribution in [-0.4, -0.2) is 51.1 Å². The third kappa shape index (κ3) is 3.51. The lowest BCUT2D eigenvalue weighted by molar-refractivity contribution is 0.154. The van der Waals surface area contributed by atoms with E-state index in [1.54, 1.807) is 6.20 Å². The molecule has 1 aliphatic rings. The molecule has 7 nitrogen and oxygen atoms in total. The second-order valence-electron chi connectivity index (χ2n) is 6.38. The summed E-state index contributed by atoms with van der Waals surface area (Å²) in [5.74, 6) is 1.57. The molecule has 1 N–H and O–H groups in total. The molecule has 1 atom stereocenters. The van der Waals surface area contributed by atoms with Gasteiger partial charge in [-0.1, -0.05) is 0 Å². The predicted molar refractivity (Wildman–Crippen MR) is 94.2 cm³/mol. The van der Waals surface area contributed by atoms with E-state index in [0.717, 1.165) is 38.3 Å². The number of hydrogen-bond donors (Lipinski definition) is 1.